The van der Waals surface area contributed by atoms with Gasteiger partial charge in [0.2, 0.25) is 0 Å². The van der Waals surface area contributed by atoms with Crippen molar-refractivity contribution in [3.63, 3.8) is 0 Å². The van der Waals surface area contributed by atoms with Crippen LogP contribution in [0, 0.1) is 5.92 Å². The van der Waals surface area contributed by atoms with Gasteiger partial charge in [-0.3, -0.25) is 0 Å². The summed E-state index contributed by atoms with van der Waals surface area (Å²) in [6, 6.07) is 0. The van der Waals surface area contributed by atoms with Gasteiger partial charge in [-0.05, 0) is 5.92 Å². The molecule has 0 aliphatic carbocycles. The first kappa shape index (κ1) is 26.2. The second-order valence-electron chi connectivity index (χ2n) is 6.51. The van der Waals surface area contributed by atoms with Gasteiger partial charge in [-0.2, -0.15) is 52.7 Å². The fourth-order valence-electron chi connectivity index (χ4n) is 2.33. The minimum atomic E-state index is -7.45. The predicted octanol–water partition coefficient (Wildman–Crippen LogP) is 7.42. The average Bonchev–Trinajstić information content (AvgIpc) is 2.49. The van der Waals surface area contributed by atoms with Crippen molar-refractivity contribution < 1.29 is 52.7 Å². The van der Waals surface area contributed by atoms with Gasteiger partial charge < -0.3 is 0 Å². The zero-order valence-electron chi connectivity index (χ0n) is 14.6. The lowest BCUT2D eigenvalue weighted by Crippen LogP contribution is -2.70. The highest BCUT2D eigenvalue weighted by Crippen LogP contribution is 2.60. The van der Waals surface area contributed by atoms with E-state index in [2.05, 4.69) is 0 Å². The lowest BCUT2D eigenvalue weighted by Gasteiger charge is -2.41. The molecule has 0 heterocycles. The molecular weight excluding hydrogens is 408 g/mol. The third-order valence-electron chi connectivity index (χ3n) is 4.28. The Morgan fingerprint density at radius 1 is 0.630 bits per heavy atom. The number of hydrogen-bond acceptors (Lipinski definition) is 0. The Bertz CT molecular complexity index is 478. The van der Waals surface area contributed by atoms with E-state index in [1.807, 2.05) is 0 Å². The topological polar surface area (TPSA) is 0 Å². The van der Waals surface area contributed by atoms with E-state index < -0.39 is 54.8 Å². The van der Waals surface area contributed by atoms with Gasteiger partial charge in [-0.15, -0.1) is 0 Å². The quantitative estimate of drug-likeness (QED) is 0.300. The maximum absolute atomic E-state index is 13.8. The van der Waals surface area contributed by atoms with Crippen molar-refractivity contribution >= 4 is 0 Å². The van der Waals surface area contributed by atoms with E-state index in [4.69, 9.17) is 0 Å². The number of unbranched alkanes of at least 4 members (excludes halogenated alkanes) is 1. The van der Waals surface area contributed by atoms with Crippen LogP contribution in [0.4, 0.5) is 52.7 Å². The lowest BCUT2D eigenvalue weighted by molar-refractivity contribution is -0.424. The van der Waals surface area contributed by atoms with E-state index in [0.29, 0.717) is 6.42 Å². The summed E-state index contributed by atoms with van der Waals surface area (Å²) in [6.07, 6.45) is -1.63. The predicted molar refractivity (Wildman–Crippen MR) is 73.3 cm³/mol. The summed E-state index contributed by atoms with van der Waals surface area (Å²) in [5.74, 6) is -41.9. The molecule has 0 amide bonds. The van der Waals surface area contributed by atoms with Crippen molar-refractivity contribution in [2.75, 3.05) is 0 Å². The first-order chi connectivity index (χ1) is 11.7. The maximum atomic E-state index is 13.8. The summed E-state index contributed by atoms with van der Waals surface area (Å²) >= 11 is 0. The highest BCUT2D eigenvalue weighted by molar-refractivity contribution is 5.11. The molecule has 0 N–H and O–H groups in total. The van der Waals surface area contributed by atoms with Crippen LogP contribution in [-0.4, -0.2) is 35.5 Å². The molecule has 1 atom stereocenters. The Labute approximate surface area is 148 Å². The van der Waals surface area contributed by atoms with Gasteiger partial charge in [0.05, 0.1) is 0 Å². The molecule has 0 fully saturated rings. The largest absolute Gasteiger partial charge is 0.384 e. The molecule has 1 unspecified atom stereocenters. The molecule has 0 radical (unpaired) electrons. The van der Waals surface area contributed by atoms with Crippen LogP contribution in [0.2, 0.25) is 0 Å². The van der Waals surface area contributed by atoms with Crippen molar-refractivity contribution in [1.29, 1.82) is 0 Å². The summed E-state index contributed by atoms with van der Waals surface area (Å²) in [4.78, 5) is 0. The van der Waals surface area contributed by atoms with E-state index in [9.17, 15) is 52.7 Å². The second-order valence-corrected chi connectivity index (χ2v) is 6.51. The number of alkyl halides is 12. The van der Waals surface area contributed by atoms with Crippen LogP contribution in [0.1, 0.15) is 52.9 Å². The van der Waals surface area contributed by atoms with Crippen LogP contribution in [0.5, 0.6) is 0 Å². The Morgan fingerprint density at radius 3 is 1.37 bits per heavy atom. The number of halogens is 12. The van der Waals surface area contributed by atoms with E-state index in [1.165, 1.54) is 6.92 Å². The Kier molecular flexibility index (Phi) is 7.64. The SMILES string of the molecule is CCCCC(CC)CC(F)(F)C(F)(F)C(F)(F)C(F)(F)C(F)(F)C(C)(F)F. The highest BCUT2D eigenvalue weighted by atomic mass is 19.4. The fourth-order valence-corrected chi connectivity index (χ4v) is 2.33. The number of hydrogen-bond donors (Lipinski definition) is 0. The van der Waals surface area contributed by atoms with Crippen LogP contribution in [0.25, 0.3) is 0 Å². The summed E-state index contributed by atoms with van der Waals surface area (Å²) in [5.41, 5.74) is 0. The molecular formula is C15H20F12. The zero-order valence-corrected chi connectivity index (χ0v) is 14.6. The van der Waals surface area contributed by atoms with Crippen LogP contribution >= 0.6 is 0 Å². The molecule has 12 heteroatoms. The standard InChI is InChI=1S/C15H20F12/c1-4-6-7-9(5-2)8-11(18,19)13(22,23)15(26,27)14(24,25)12(20,21)10(3,16)17/h9H,4-8H2,1-3H3. The first-order valence-corrected chi connectivity index (χ1v) is 8.01. The molecule has 0 aliphatic rings. The van der Waals surface area contributed by atoms with Gasteiger partial charge in [0.25, 0.3) is 0 Å². The van der Waals surface area contributed by atoms with Crippen molar-refractivity contribution in [3.8, 4) is 0 Å². The second kappa shape index (κ2) is 7.88. The minimum absolute atomic E-state index is 0.121. The van der Waals surface area contributed by atoms with Crippen LogP contribution in [-0.2, 0) is 0 Å². The molecule has 0 aromatic heterocycles. The number of rotatable bonds is 11. The summed E-state index contributed by atoms with van der Waals surface area (Å²) in [7, 11) is 0. The van der Waals surface area contributed by atoms with Gasteiger partial charge in [0.15, 0.2) is 0 Å². The van der Waals surface area contributed by atoms with Gasteiger partial charge in [-0.1, -0.05) is 39.5 Å². The van der Waals surface area contributed by atoms with E-state index in [0.717, 1.165) is 0 Å². The maximum Gasteiger partial charge on any atom is 0.384 e. The summed E-state index contributed by atoms with van der Waals surface area (Å²) < 4.78 is 160. The Morgan fingerprint density at radius 2 is 1.04 bits per heavy atom. The van der Waals surface area contributed by atoms with E-state index in [1.54, 1.807) is 6.92 Å². The molecule has 0 aromatic carbocycles. The Balaban J connectivity index is 6.00. The summed E-state index contributed by atoms with van der Waals surface area (Å²) in [5, 5.41) is 0. The molecule has 0 nitrogen and oxygen atoms in total. The molecule has 0 bridgehead atoms. The van der Waals surface area contributed by atoms with Crippen molar-refractivity contribution in [3.05, 3.63) is 0 Å². The molecule has 0 spiro atoms. The zero-order chi connectivity index (χ0) is 22.1. The van der Waals surface area contributed by atoms with Crippen LogP contribution in [0.3, 0.4) is 0 Å². The first-order valence-electron chi connectivity index (χ1n) is 8.01. The lowest BCUT2D eigenvalue weighted by atomic mass is 9.85. The summed E-state index contributed by atoms with van der Waals surface area (Å²) in [6.45, 7) is 1.96. The van der Waals surface area contributed by atoms with Crippen molar-refractivity contribution in [1.82, 2.24) is 0 Å². The van der Waals surface area contributed by atoms with Crippen molar-refractivity contribution in [2.24, 2.45) is 5.92 Å². The van der Waals surface area contributed by atoms with E-state index in [-0.39, 0.29) is 19.3 Å². The van der Waals surface area contributed by atoms with Crippen molar-refractivity contribution in [2.45, 2.75) is 88.4 Å². The normalized spacial score (nSPS) is 16.6. The molecule has 0 aliphatic heterocycles. The monoisotopic (exact) mass is 428 g/mol. The molecule has 0 saturated heterocycles. The Hall–Kier alpha value is -0.840. The van der Waals surface area contributed by atoms with Gasteiger partial charge >= 0.3 is 35.5 Å². The van der Waals surface area contributed by atoms with Gasteiger partial charge in [0, 0.05) is 13.3 Å². The molecule has 0 rings (SSSR count). The minimum Gasteiger partial charge on any atom is -0.200 e. The van der Waals surface area contributed by atoms with E-state index >= 15 is 0 Å². The molecule has 27 heavy (non-hydrogen) atoms. The smallest absolute Gasteiger partial charge is 0.200 e. The molecule has 0 aromatic rings. The van der Waals surface area contributed by atoms with Gasteiger partial charge in [0.1, 0.15) is 0 Å². The van der Waals surface area contributed by atoms with Crippen LogP contribution in [0.15, 0.2) is 0 Å². The highest BCUT2D eigenvalue weighted by Gasteiger charge is 2.89. The van der Waals surface area contributed by atoms with Gasteiger partial charge in [-0.25, -0.2) is 0 Å². The molecule has 0 saturated carbocycles. The third-order valence-corrected chi connectivity index (χ3v) is 4.28. The average molecular weight is 428 g/mol. The third kappa shape index (κ3) is 4.44. The van der Waals surface area contributed by atoms with Crippen LogP contribution < -0.4 is 0 Å². The molecule has 164 valence electrons. The fraction of sp³-hybridized carbons (Fsp3) is 1.00.